The van der Waals surface area contributed by atoms with Gasteiger partial charge in [-0.05, 0) is 24.6 Å². The molecule has 1 heterocycles. The summed E-state index contributed by atoms with van der Waals surface area (Å²) < 4.78 is 10.9. The van der Waals surface area contributed by atoms with Crippen LogP contribution >= 0.6 is 15.9 Å². The number of nitriles is 1. The Labute approximate surface area is 141 Å². The fourth-order valence-electron chi connectivity index (χ4n) is 2.05. The van der Waals surface area contributed by atoms with Crippen LogP contribution in [0.15, 0.2) is 33.2 Å². The number of halogens is 1. The van der Waals surface area contributed by atoms with E-state index in [1.165, 1.54) is 14.0 Å². The first-order chi connectivity index (χ1) is 11.0. The standard InChI is InChI=1S/C16H13BrN2O4/c1-9-14(16(21)22-2)12(8-18)15(23-9)19-13(20)7-10-3-5-11(17)6-4-10/h3-6H,7H2,1-2H3,(H,19,20). The maximum absolute atomic E-state index is 12.1. The summed E-state index contributed by atoms with van der Waals surface area (Å²) in [6, 6.07) is 9.13. The number of carbonyl (C=O) groups is 2. The van der Waals surface area contributed by atoms with Crippen LogP contribution in [-0.4, -0.2) is 19.0 Å². The van der Waals surface area contributed by atoms with Crippen molar-refractivity contribution in [3.05, 3.63) is 51.2 Å². The first-order valence-electron chi connectivity index (χ1n) is 6.62. The van der Waals surface area contributed by atoms with Gasteiger partial charge in [0.15, 0.2) is 0 Å². The van der Waals surface area contributed by atoms with Gasteiger partial charge in [-0.1, -0.05) is 28.1 Å². The van der Waals surface area contributed by atoms with Gasteiger partial charge < -0.3 is 9.15 Å². The van der Waals surface area contributed by atoms with Crippen LogP contribution in [0.3, 0.4) is 0 Å². The van der Waals surface area contributed by atoms with Gasteiger partial charge in [-0.3, -0.25) is 10.1 Å². The quantitative estimate of drug-likeness (QED) is 0.827. The van der Waals surface area contributed by atoms with Gasteiger partial charge in [0.05, 0.1) is 13.5 Å². The molecule has 0 aliphatic heterocycles. The number of aryl methyl sites for hydroxylation is 1. The summed E-state index contributed by atoms with van der Waals surface area (Å²) in [7, 11) is 1.21. The summed E-state index contributed by atoms with van der Waals surface area (Å²) in [5, 5.41) is 11.7. The molecule has 0 unspecified atom stereocenters. The van der Waals surface area contributed by atoms with Gasteiger partial charge >= 0.3 is 5.97 Å². The van der Waals surface area contributed by atoms with Crippen molar-refractivity contribution in [2.45, 2.75) is 13.3 Å². The molecule has 1 N–H and O–H groups in total. The normalized spacial score (nSPS) is 10.0. The van der Waals surface area contributed by atoms with Crippen LogP contribution in [0, 0.1) is 18.3 Å². The Morgan fingerprint density at radius 3 is 2.57 bits per heavy atom. The van der Waals surface area contributed by atoms with E-state index in [1.807, 2.05) is 30.3 Å². The van der Waals surface area contributed by atoms with E-state index >= 15 is 0 Å². The smallest absolute Gasteiger partial charge is 0.342 e. The molecule has 7 heteroatoms. The largest absolute Gasteiger partial charge is 0.465 e. The molecule has 0 radical (unpaired) electrons. The fraction of sp³-hybridized carbons (Fsp3) is 0.188. The summed E-state index contributed by atoms with van der Waals surface area (Å²) in [5.41, 5.74) is 0.785. The van der Waals surface area contributed by atoms with E-state index in [0.29, 0.717) is 0 Å². The number of amides is 1. The molecule has 0 aliphatic carbocycles. The molecule has 118 valence electrons. The highest BCUT2D eigenvalue weighted by Gasteiger charge is 2.25. The number of furan rings is 1. The summed E-state index contributed by atoms with van der Waals surface area (Å²) >= 11 is 3.32. The molecule has 0 atom stereocenters. The number of rotatable bonds is 4. The molecule has 1 amide bonds. The number of hydrogen-bond donors (Lipinski definition) is 1. The van der Waals surface area contributed by atoms with Crippen molar-refractivity contribution < 1.29 is 18.7 Å². The van der Waals surface area contributed by atoms with Gasteiger partial charge in [0.2, 0.25) is 11.8 Å². The second-order valence-electron chi connectivity index (χ2n) is 4.69. The fourth-order valence-corrected chi connectivity index (χ4v) is 2.31. The molecule has 0 fully saturated rings. The lowest BCUT2D eigenvalue weighted by molar-refractivity contribution is -0.115. The molecule has 0 aliphatic rings. The maximum Gasteiger partial charge on any atom is 0.342 e. The van der Waals surface area contributed by atoms with Crippen molar-refractivity contribution in [2.75, 3.05) is 12.4 Å². The molecule has 1 aromatic heterocycles. The van der Waals surface area contributed by atoms with Gasteiger partial charge in [0, 0.05) is 4.47 Å². The Kier molecular flexibility index (Phi) is 5.19. The molecule has 0 bridgehead atoms. The van der Waals surface area contributed by atoms with E-state index in [1.54, 1.807) is 0 Å². The minimum Gasteiger partial charge on any atom is -0.465 e. The molecule has 0 saturated carbocycles. The Morgan fingerprint density at radius 1 is 1.35 bits per heavy atom. The summed E-state index contributed by atoms with van der Waals surface area (Å²) in [4.78, 5) is 23.8. The lowest BCUT2D eigenvalue weighted by Crippen LogP contribution is -2.15. The Balaban J connectivity index is 2.20. The van der Waals surface area contributed by atoms with Crippen LogP contribution in [0.2, 0.25) is 0 Å². The zero-order chi connectivity index (χ0) is 17.0. The number of ether oxygens (including phenoxy) is 1. The van der Waals surface area contributed by atoms with E-state index in [4.69, 9.17) is 4.42 Å². The van der Waals surface area contributed by atoms with Crippen molar-refractivity contribution >= 4 is 33.7 Å². The topological polar surface area (TPSA) is 92.3 Å². The molecule has 2 rings (SSSR count). The van der Waals surface area contributed by atoms with Crippen molar-refractivity contribution in [3.8, 4) is 6.07 Å². The van der Waals surface area contributed by atoms with Crippen LogP contribution < -0.4 is 5.32 Å². The van der Waals surface area contributed by atoms with Gasteiger partial charge in [-0.15, -0.1) is 0 Å². The molecular weight excluding hydrogens is 364 g/mol. The van der Waals surface area contributed by atoms with Crippen molar-refractivity contribution in [1.29, 1.82) is 5.26 Å². The van der Waals surface area contributed by atoms with Gasteiger partial charge in [0.25, 0.3) is 0 Å². The predicted molar refractivity (Wildman–Crippen MR) is 86.0 cm³/mol. The van der Waals surface area contributed by atoms with Gasteiger partial charge in [0.1, 0.15) is 23.0 Å². The van der Waals surface area contributed by atoms with E-state index in [9.17, 15) is 14.9 Å². The lowest BCUT2D eigenvalue weighted by Gasteiger charge is -2.03. The number of esters is 1. The van der Waals surface area contributed by atoms with Crippen LogP contribution in [-0.2, 0) is 16.0 Å². The summed E-state index contributed by atoms with van der Waals surface area (Å²) in [6.07, 6.45) is 0.117. The Hall–Kier alpha value is -2.59. The number of carbonyl (C=O) groups excluding carboxylic acids is 2. The minimum atomic E-state index is -0.684. The van der Waals surface area contributed by atoms with Gasteiger partial charge in [-0.2, -0.15) is 5.26 Å². The number of hydrogen-bond acceptors (Lipinski definition) is 5. The van der Waals surface area contributed by atoms with Crippen LogP contribution in [0.1, 0.15) is 27.2 Å². The highest BCUT2D eigenvalue weighted by Crippen LogP contribution is 2.27. The zero-order valence-electron chi connectivity index (χ0n) is 12.5. The Bertz CT molecular complexity index is 788. The highest BCUT2D eigenvalue weighted by atomic mass is 79.9. The Morgan fingerprint density at radius 2 is 2.00 bits per heavy atom. The highest BCUT2D eigenvalue weighted by molar-refractivity contribution is 9.10. The third kappa shape index (κ3) is 3.79. The van der Waals surface area contributed by atoms with Crippen LogP contribution in [0.25, 0.3) is 0 Å². The van der Waals surface area contributed by atoms with Crippen LogP contribution in [0.5, 0.6) is 0 Å². The molecule has 1 aromatic carbocycles. The number of benzene rings is 1. The van der Waals surface area contributed by atoms with E-state index < -0.39 is 5.97 Å². The third-order valence-corrected chi connectivity index (χ3v) is 3.65. The molecule has 0 saturated heterocycles. The average Bonchev–Trinajstić information content (AvgIpc) is 2.83. The molecule has 2 aromatic rings. The van der Waals surface area contributed by atoms with Gasteiger partial charge in [-0.25, -0.2) is 4.79 Å². The first kappa shape index (κ1) is 16.8. The second kappa shape index (κ2) is 7.11. The van der Waals surface area contributed by atoms with Crippen molar-refractivity contribution in [1.82, 2.24) is 0 Å². The number of methoxy groups -OCH3 is 1. The number of nitrogens with one attached hydrogen (secondary N) is 1. The van der Waals surface area contributed by atoms with Crippen molar-refractivity contribution in [2.24, 2.45) is 0 Å². The lowest BCUT2D eigenvalue weighted by atomic mass is 10.1. The summed E-state index contributed by atoms with van der Waals surface area (Å²) in [5.74, 6) is -0.870. The SMILES string of the molecule is COC(=O)c1c(C)oc(NC(=O)Cc2ccc(Br)cc2)c1C#N. The minimum absolute atomic E-state index is 0.0222. The number of anilines is 1. The maximum atomic E-state index is 12.1. The molecule has 6 nitrogen and oxygen atoms in total. The summed E-state index contributed by atoms with van der Waals surface area (Å²) in [6.45, 7) is 1.53. The van der Waals surface area contributed by atoms with Crippen LogP contribution in [0.4, 0.5) is 5.88 Å². The van der Waals surface area contributed by atoms with E-state index in [0.717, 1.165) is 10.0 Å². The first-order valence-corrected chi connectivity index (χ1v) is 7.41. The molecular formula is C16H13BrN2O4. The molecule has 0 spiro atoms. The van der Waals surface area contributed by atoms with E-state index in [2.05, 4.69) is 26.0 Å². The zero-order valence-corrected chi connectivity index (χ0v) is 14.1. The average molecular weight is 377 g/mol. The molecule has 23 heavy (non-hydrogen) atoms. The van der Waals surface area contributed by atoms with E-state index in [-0.39, 0.29) is 35.1 Å². The monoisotopic (exact) mass is 376 g/mol. The number of nitrogens with zero attached hydrogens (tertiary/aromatic N) is 1. The third-order valence-electron chi connectivity index (χ3n) is 3.12. The second-order valence-corrected chi connectivity index (χ2v) is 5.61. The predicted octanol–water partition coefficient (Wildman–Crippen LogP) is 3.19. The van der Waals surface area contributed by atoms with Crippen molar-refractivity contribution in [3.63, 3.8) is 0 Å².